The highest BCUT2D eigenvalue weighted by atomic mass is 19.1. The van der Waals surface area contributed by atoms with Gasteiger partial charge in [-0.3, -0.25) is 14.3 Å². The predicted molar refractivity (Wildman–Crippen MR) is 102 cm³/mol. The van der Waals surface area contributed by atoms with E-state index in [-0.39, 0.29) is 24.2 Å². The maximum absolute atomic E-state index is 13.0. The molecule has 0 radical (unpaired) electrons. The lowest BCUT2D eigenvalue weighted by atomic mass is 10.2. The van der Waals surface area contributed by atoms with E-state index in [0.717, 1.165) is 5.56 Å². The molecule has 1 aliphatic rings. The number of carbonyl (C=O) groups excluding carboxylic acids is 2. The fourth-order valence-electron chi connectivity index (χ4n) is 2.88. The second-order valence-electron chi connectivity index (χ2n) is 6.41. The van der Waals surface area contributed by atoms with Gasteiger partial charge in [0.2, 0.25) is 5.91 Å². The van der Waals surface area contributed by atoms with Crippen molar-refractivity contribution in [3.63, 3.8) is 0 Å². The van der Waals surface area contributed by atoms with E-state index < -0.39 is 0 Å². The molecular formula is C19H17FN6O2. The molecule has 2 amide bonds. The summed E-state index contributed by atoms with van der Waals surface area (Å²) in [5.74, 6) is -0.193. The number of carbonyl (C=O) groups is 2. The second-order valence-corrected chi connectivity index (χ2v) is 6.41. The molecule has 9 heteroatoms. The van der Waals surface area contributed by atoms with Crippen molar-refractivity contribution in [2.45, 2.75) is 6.54 Å². The number of likely N-dealkylation sites (N-methyl/N-ethyl adjacent to an activating group) is 1. The third-order valence-electron chi connectivity index (χ3n) is 4.42. The van der Waals surface area contributed by atoms with Crippen molar-refractivity contribution >= 4 is 29.0 Å². The van der Waals surface area contributed by atoms with E-state index in [0.29, 0.717) is 29.3 Å². The van der Waals surface area contributed by atoms with Gasteiger partial charge >= 0.3 is 0 Å². The number of hydrogen-bond donors (Lipinski definition) is 2. The minimum atomic E-state index is -0.358. The van der Waals surface area contributed by atoms with Gasteiger partial charge in [0.15, 0.2) is 0 Å². The zero-order valence-electron chi connectivity index (χ0n) is 15.0. The van der Waals surface area contributed by atoms with Crippen molar-refractivity contribution < 1.29 is 14.0 Å². The summed E-state index contributed by atoms with van der Waals surface area (Å²) in [5.41, 5.74) is 2.29. The summed E-state index contributed by atoms with van der Waals surface area (Å²) in [6, 6.07) is 7.76. The Labute approximate surface area is 160 Å². The quantitative estimate of drug-likeness (QED) is 0.723. The first-order chi connectivity index (χ1) is 13.5. The summed E-state index contributed by atoms with van der Waals surface area (Å²) in [6.45, 7) is 0.629. The normalized spacial score (nSPS) is 13.1. The molecule has 0 fully saturated rings. The van der Waals surface area contributed by atoms with Gasteiger partial charge in [-0.05, 0) is 23.8 Å². The third kappa shape index (κ3) is 3.54. The van der Waals surface area contributed by atoms with Crippen molar-refractivity contribution in [2.24, 2.45) is 0 Å². The van der Waals surface area contributed by atoms with Crippen LogP contribution < -0.4 is 15.5 Å². The van der Waals surface area contributed by atoms with Gasteiger partial charge in [0.25, 0.3) is 5.91 Å². The topological polar surface area (TPSA) is 92.2 Å². The maximum atomic E-state index is 13.0. The van der Waals surface area contributed by atoms with Gasteiger partial charge in [0, 0.05) is 19.4 Å². The van der Waals surface area contributed by atoms with Gasteiger partial charge in [-0.1, -0.05) is 12.1 Å². The predicted octanol–water partition coefficient (Wildman–Crippen LogP) is 2.11. The first kappa shape index (κ1) is 17.7. The van der Waals surface area contributed by atoms with Gasteiger partial charge < -0.3 is 15.5 Å². The second kappa shape index (κ2) is 7.10. The number of hydrogen-bond acceptors (Lipinski definition) is 5. The maximum Gasteiger partial charge on any atom is 0.257 e. The Bertz CT molecular complexity index is 1050. The first-order valence-electron chi connectivity index (χ1n) is 8.58. The van der Waals surface area contributed by atoms with Crippen LogP contribution in [0.3, 0.4) is 0 Å². The molecule has 28 heavy (non-hydrogen) atoms. The van der Waals surface area contributed by atoms with Crippen molar-refractivity contribution in [3.8, 4) is 0 Å². The van der Waals surface area contributed by atoms with Crippen LogP contribution in [0.2, 0.25) is 0 Å². The molecule has 0 spiro atoms. The molecule has 2 N–H and O–H groups in total. The highest BCUT2D eigenvalue weighted by Crippen LogP contribution is 2.27. The Morgan fingerprint density at radius 1 is 1.29 bits per heavy atom. The number of nitrogens with one attached hydrogen (secondary N) is 2. The van der Waals surface area contributed by atoms with Crippen LogP contribution in [0.25, 0.3) is 0 Å². The molecular weight excluding hydrogens is 363 g/mol. The molecule has 8 nitrogen and oxygen atoms in total. The summed E-state index contributed by atoms with van der Waals surface area (Å²) < 4.78 is 14.6. The molecule has 0 saturated carbocycles. The SMILES string of the molecule is CN1C(=O)CNc2ncc(C(=O)Nc3cnn(Cc4ccc(F)cc4)c3)cc21. The third-order valence-corrected chi connectivity index (χ3v) is 4.42. The van der Waals surface area contributed by atoms with Crippen molar-refractivity contribution in [2.75, 3.05) is 29.1 Å². The minimum absolute atomic E-state index is 0.103. The zero-order chi connectivity index (χ0) is 19.7. The fraction of sp³-hybridized carbons (Fsp3) is 0.158. The Balaban J connectivity index is 1.46. The van der Waals surface area contributed by atoms with Crippen LogP contribution in [0, 0.1) is 5.82 Å². The van der Waals surface area contributed by atoms with E-state index in [1.54, 1.807) is 36.1 Å². The van der Waals surface area contributed by atoms with Gasteiger partial charge in [0.05, 0.1) is 36.2 Å². The monoisotopic (exact) mass is 380 g/mol. The molecule has 142 valence electrons. The minimum Gasteiger partial charge on any atom is -0.359 e. The van der Waals surface area contributed by atoms with Crippen molar-refractivity contribution in [3.05, 3.63) is 65.9 Å². The Morgan fingerprint density at radius 2 is 2.07 bits per heavy atom. The number of halogens is 1. The van der Waals surface area contributed by atoms with E-state index in [1.165, 1.54) is 29.4 Å². The summed E-state index contributed by atoms with van der Waals surface area (Å²) in [7, 11) is 1.64. The van der Waals surface area contributed by atoms with Crippen LogP contribution >= 0.6 is 0 Å². The number of fused-ring (bicyclic) bond motifs is 1. The molecule has 0 atom stereocenters. The van der Waals surface area contributed by atoms with E-state index in [2.05, 4.69) is 20.7 Å². The molecule has 0 unspecified atom stereocenters. The lowest BCUT2D eigenvalue weighted by Gasteiger charge is -2.26. The zero-order valence-corrected chi connectivity index (χ0v) is 15.0. The van der Waals surface area contributed by atoms with E-state index in [4.69, 9.17) is 0 Å². The summed E-state index contributed by atoms with van der Waals surface area (Å²) >= 11 is 0. The number of rotatable bonds is 4. The average Bonchev–Trinajstić information content (AvgIpc) is 3.13. The molecule has 1 aliphatic heterocycles. The highest BCUT2D eigenvalue weighted by Gasteiger charge is 2.23. The molecule has 4 rings (SSSR count). The summed E-state index contributed by atoms with van der Waals surface area (Å²) in [6.07, 6.45) is 4.67. The number of benzene rings is 1. The van der Waals surface area contributed by atoms with Crippen LogP contribution in [-0.2, 0) is 11.3 Å². The Kier molecular flexibility index (Phi) is 4.48. The van der Waals surface area contributed by atoms with Crippen LogP contribution in [0.1, 0.15) is 15.9 Å². The van der Waals surface area contributed by atoms with Gasteiger partial charge in [-0.15, -0.1) is 0 Å². The fourth-order valence-corrected chi connectivity index (χ4v) is 2.88. The average molecular weight is 380 g/mol. The summed E-state index contributed by atoms with van der Waals surface area (Å²) in [4.78, 5) is 30.0. The number of nitrogens with zero attached hydrogens (tertiary/aromatic N) is 4. The number of amides is 2. The van der Waals surface area contributed by atoms with Crippen LogP contribution in [0.5, 0.6) is 0 Å². The van der Waals surface area contributed by atoms with Crippen LogP contribution in [0.4, 0.5) is 21.6 Å². The van der Waals surface area contributed by atoms with Gasteiger partial charge in [-0.2, -0.15) is 5.10 Å². The van der Waals surface area contributed by atoms with Gasteiger partial charge in [0.1, 0.15) is 11.6 Å². The highest BCUT2D eigenvalue weighted by molar-refractivity contribution is 6.07. The van der Waals surface area contributed by atoms with Crippen molar-refractivity contribution in [1.82, 2.24) is 14.8 Å². The van der Waals surface area contributed by atoms with Crippen LogP contribution in [0.15, 0.2) is 48.9 Å². The molecule has 0 saturated heterocycles. The lowest BCUT2D eigenvalue weighted by Crippen LogP contribution is -2.37. The van der Waals surface area contributed by atoms with Crippen LogP contribution in [-0.4, -0.2) is 40.2 Å². The number of anilines is 3. The smallest absolute Gasteiger partial charge is 0.257 e. The van der Waals surface area contributed by atoms with E-state index in [9.17, 15) is 14.0 Å². The molecule has 2 aromatic heterocycles. The van der Waals surface area contributed by atoms with Crippen molar-refractivity contribution in [1.29, 1.82) is 0 Å². The van der Waals surface area contributed by atoms with E-state index >= 15 is 0 Å². The Hall–Kier alpha value is -3.75. The number of aromatic nitrogens is 3. The number of pyridine rings is 1. The molecule has 3 aromatic rings. The molecule has 1 aromatic carbocycles. The largest absolute Gasteiger partial charge is 0.359 e. The standard InChI is InChI=1S/C19H17FN6O2/c1-25-16-6-13(7-21-18(16)22-9-17(25)27)19(28)24-15-8-23-26(11-15)10-12-2-4-14(20)5-3-12/h2-8,11H,9-10H2,1H3,(H,21,22)(H,24,28). The first-order valence-corrected chi connectivity index (χ1v) is 8.58. The van der Waals surface area contributed by atoms with Gasteiger partial charge in [-0.25, -0.2) is 9.37 Å². The van der Waals surface area contributed by atoms with E-state index in [1.807, 2.05) is 0 Å². The Morgan fingerprint density at radius 3 is 2.86 bits per heavy atom. The lowest BCUT2D eigenvalue weighted by molar-refractivity contribution is -0.116. The molecule has 3 heterocycles. The summed E-state index contributed by atoms with van der Waals surface area (Å²) in [5, 5.41) is 9.88. The molecule has 0 bridgehead atoms. The molecule has 0 aliphatic carbocycles.